The fraction of sp³-hybridized carbons (Fsp3) is 0.136. The van der Waals surface area contributed by atoms with E-state index in [-0.39, 0.29) is 16.5 Å². The number of nitrogens with one attached hydrogen (secondary N) is 1. The third kappa shape index (κ3) is 3.54. The predicted molar refractivity (Wildman–Crippen MR) is 115 cm³/mol. The number of ether oxygens (including phenoxy) is 1. The summed E-state index contributed by atoms with van der Waals surface area (Å²) in [4.78, 5) is 10.4. The number of amidine groups is 1. The summed E-state index contributed by atoms with van der Waals surface area (Å²) in [7, 11) is 0. The van der Waals surface area contributed by atoms with Crippen LogP contribution in [0.15, 0.2) is 61.1 Å². The standard InChI is InChI=1S/C22H15ClF3N5O/c23-16-11-14(4-5-18(16)32-15-3-1-2-13(10-15)22(24,25)26)31-19(27)7-9-30-8-6-17-20(30)21(31)29-12-28-17/h1-6,8,10-12,27H,7,9H2. The van der Waals surface area contributed by atoms with E-state index >= 15 is 0 Å². The summed E-state index contributed by atoms with van der Waals surface area (Å²) >= 11 is 6.42. The highest BCUT2D eigenvalue weighted by Gasteiger charge is 2.31. The average molecular weight is 458 g/mol. The Balaban J connectivity index is 1.51. The molecule has 0 saturated carbocycles. The number of nitrogens with zero attached hydrogens (tertiary/aromatic N) is 4. The first-order valence-electron chi connectivity index (χ1n) is 9.63. The molecule has 0 unspecified atom stereocenters. The Bertz CT molecular complexity index is 1350. The van der Waals surface area contributed by atoms with E-state index in [1.807, 2.05) is 16.8 Å². The van der Waals surface area contributed by atoms with Gasteiger partial charge < -0.3 is 9.30 Å². The van der Waals surface area contributed by atoms with E-state index < -0.39 is 11.7 Å². The van der Waals surface area contributed by atoms with Crippen molar-refractivity contribution in [3.8, 4) is 11.5 Å². The molecule has 1 N–H and O–H groups in total. The summed E-state index contributed by atoms with van der Waals surface area (Å²) in [5.74, 6) is 1.11. The molecule has 6 nitrogen and oxygen atoms in total. The summed E-state index contributed by atoms with van der Waals surface area (Å²) in [6, 6.07) is 11.3. The first kappa shape index (κ1) is 20.3. The second kappa shape index (κ2) is 7.52. The topological polar surface area (TPSA) is 67.0 Å². The van der Waals surface area contributed by atoms with Crippen molar-refractivity contribution >= 4 is 40.0 Å². The fourth-order valence-electron chi connectivity index (χ4n) is 3.68. The molecule has 2 aromatic heterocycles. The number of alkyl halides is 3. The van der Waals surface area contributed by atoms with Gasteiger partial charge >= 0.3 is 6.18 Å². The maximum atomic E-state index is 13.0. The second-order valence-corrected chi connectivity index (χ2v) is 7.62. The Labute approximate surface area is 185 Å². The van der Waals surface area contributed by atoms with Gasteiger partial charge in [0, 0.05) is 19.2 Å². The van der Waals surface area contributed by atoms with E-state index in [1.54, 1.807) is 23.1 Å². The van der Waals surface area contributed by atoms with Crippen LogP contribution in [0.3, 0.4) is 0 Å². The van der Waals surface area contributed by atoms with Gasteiger partial charge in [-0.25, -0.2) is 9.97 Å². The Morgan fingerprint density at radius 3 is 2.69 bits per heavy atom. The number of aromatic nitrogens is 3. The highest BCUT2D eigenvalue weighted by atomic mass is 35.5. The third-order valence-electron chi connectivity index (χ3n) is 5.16. The highest BCUT2D eigenvalue weighted by molar-refractivity contribution is 6.32. The molecule has 10 heteroatoms. The zero-order chi connectivity index (χ0) is 22.5. The minimum Gasteiger partial charge on any atom is -0.456 e. The van der Waals surface area contributed by atoms with Crippen LogP contribution in [-0.2, 0) is 12.7 Å². The third-order valence-corrected chi connectivity index (χ3v) is 5.46. The minimum absolute atomic E-state index is 0.0207. The van der Waals surface area contributed by atoms with Crippen molar-refractivity contribution in [1.82, 2.24) is 14.5 Å². The molecule has 0 radical (unpaired) electrons. The second-order valence-electron chi connectivity index (χ2n) is 7.21. The Kier molecular flexibility index (Phi) is 4.78. The van der Waals surface area contributed by atoms with E-state index in [0.29, 0.717) is 30.3 Å². The highest BCUT2D eigenvalue weighted by Crippen LogP contribution is 2.39. The fourth-order valence-corrected chi connectivity index (χ4v) is 3.90. The SMILES string of the molecule is N=C1CCn2ccc3ncnc(c32)N1c1ccc(Oc2cccc(C(F)(F)F)c2)c(Cl)c1. The normalized spacial score (nSPS) is 14.0. The largest absolute Gasteiger partial charge is 0.456 e. The van der Waals surface area contributed by atoms with Gasteiger partial charge in [-0.3, -0.25) is 10.3 Å². The van der Waals surface area contributed by atoms with Crippen LogP contribution in [0.2, 0.25) is 5.02 Å². The molecule has 0 atom stereocenters. The average Bonchev–Trinajstić information content (AvgIpc) is 3.11. The maximum Gasteiger partial charge on any atom is 0.416 e. The van der Waals surface area contributed by atoms with Crippen molar-refractivity contribution in [3.05, 3.63) is 71.6 Å². The van der Waals surface area contributed by atoms with Crippen LogP contribution in [0, 0.1) is 5.41 Å². The molecule has 0 aliphatic carbocycles. The van der Waals surface area contributed by atoms with Crippen molar-refractivity contribution < 1.29 is 17.9 Å². The van der Waals surface area contributed by atoms with Gasteiger partial charge in [-0.1, -0.05) is 17.7 Å². The lowest BCUT2D eigenvalue weighted by Gasteiger charge is -2.23. The minimum atomic E-state index is -4.47. The van der Waals surface area contributed by atoms with E-state index in [9.17, 15) is 13.2 Å². The van der Waals surface area contributed by atoms with Crippen LogP contribution in [0.4, 0.5) is 24.7 Å². The van der Waals surface area contributed by atoms with Crippen LogP contribution in [-0.4, -0.2) is 20.4 Å². The Morgan fingerprint density at radius 1 is 1.06 bits per heavy atom. The van der Waals surface area contributed by atoms with Crippen molar-refractivity contribution in [2.45, 2.75) is 19.1 Å². The molecule has 0 saturated heterocycles. The molecule has 0 spiro atoms. The molecule has 0 amide bonds. The molecule has 5 rings (SSSR count). The Hall–Kier alpha value is -3.59. The zero-order valence-electron chi connectivity index (χ0n) is 16.4. The number of halogens is 4. The van der Waals surface area contributed by atoms with Crippen molar-refractivity contribution in [3.63, 3.8) is 0 Å². The molecule has 0 bridgehead atoms. The van der Waals surface area contributed by atoms with Crippen LogP contribution < -0.4 is 9.64 Å². The molecule has 1 aliphatic rings. The van der Waals surface area contributed by atoms with E-state index in [1.165, 1.54) is 18.5 Å². The van der Waals surface area contributed by atoms with Gasteiger partial charge in [-0.2, -0.15) is 13.2 Å². The number of aryl methyl sites for hydroxylation is 1. The van der Waals surface area contributed by atoms with Crippen LogP contribution in [0.5, 0.6) is 11.5 Å². The molecule has 162 valence electrons. The maximum absolute atomic E-state index is 13.0. The molecular formula is C22H15ClF3N5O. The van der Waals surface area contributed by atoms with Gasteiger partial charge in [0.2, 0.25) is 0 Å². The number of benzene rings is 2. The molecule has 3 heterocycles. The van der Waals surface area contributed by atoms with Gasteiger partial charge in [-0.15, -0.1) is 0 Å². The number of rotatable bonds is 3. The lowest BCUT2D eigenvalue weighted by atomic mass is 10.2. The van der Waals surface area contributed by atoms with Gasteiger partial charge in [0.15, 0.2) is 5.82 Å². The lowest BCUT2D eigenvalue weighted by molar-refractivity contribution is -0.137. The molecule has 0 fully saturated rings. The molecule has 4 aromatic rings. The van der Waals surface area contributed by atoms with E-state index in [4.69, 9.17) is 21.7 Å². The van der Waals surface area contributed by atoms with Crippen LogP contribution in [0.1, 0.15) is 12.0 Å². The van der Waals surface area contributed by atoms with Crippen molar-refractivity contribution in [1.29, 1.82) is 5.41 Å². The lowest BCUT2D eigenvalue weighted by Crippen LogP contribution is -2.25. The predicted octanol–water partition coefficient (Wildman–Crippen LogP) is 6.41. The summed E-state index contributed by atoms with van der Waals surface area (Å²) in [5.41, 5.74) is 1.36. The van der Waals surface area contributed by atoms with Crippen LogP contribution in [0.25, 0.3) is 11.0 Å². The number of anilines is 2. The summed E-state index contributed by atoms with van der Waals surface area (Å²) in [5, 5.41) is 8.75. The van der Waals surface area contributed by atoms with Crippen LogP contribution >= 0.6 is 11.6 Å². The monoisotopic (exact) mass is 457 g/mol. The summed E-state index contributed by atoms with van der Waals surface area (Å²) < 4.78 is 46.5. The van der Waals surface area contributed by atoms with Crippen molar-refractivity contribution in [2.75, 3.05) is 4.90 Å². The summed E-state index contributed by atoms with van der Waals surface area (Å²) in [6.45, 7) is 0.615. The Morgan fingerprint density at radius 2 is 1.91 bits per heavy atom. The number of hydrogen-bond acceptors (Lipinski definition) is 4. The zero-order valence-corrected chi connectivity index (χ0v) is 17.2. The first-order valence-corrected chi connectivity index (χ1v) is 10.0. The van der Waals surface area contributed by atoms with Gasteiger partial charge in [0.1, 0.15) is 29.2 Å². The van der Waals surface area contributed by atoms with Gasteiger partial charge in [0.25, 0.3) is 0 Å². The molecular weight excluding hydrogens is 443 g/mol. The first-order chi connectivity index (χ1) is 15.3. The van der Waals surface area contributed by atoms with Gasteiger partial charge in [0.05, 0.1) is 21.8 Å². The van der Waals surface area contributed by atoms with Gasteiger partial charge in [-0.05, 0) is 42.5 Å². The van der Waals surface area contributed by atoms with E-state index in [0.717, 1.165) is 23.2 Å². The van der Waals surface area contributed by atoms with E-state index in [2.05, 4.69) is 9.97 Å². The molecule has 32 heavy (non-hydrogen) atoms. The van der Waals surface area contributed by atoms with Crippen molar-refractivity contribution in [2.24, 2.45) is 0 Å². The quantitative estimate of drug-likeness (QED) is 0.385. The number of hydrogen-bond donors (Lipinski definition) is 1. The smallest absolute Gasteiger partial charge is 0.416 e. The molecule has 2 aromatic carbocycles. The summed E-state index contributed by atoms with van der Waals surface area (Å²) in [6.07, 6.45) is -0.639. The molecule has 1 aliphatic heterocycles.